The van der Waals surface area contributed by atoms with Crippen LogP contribution < -0.4 is 0 Å². The third-order valence-electron chi connectivity index (χ3n) is 3.10. The summed E-state index contributed by atoms with van der Waals surface area (Å²) in [5, 5.41) is 4.11. The highest BCUT2D eigenvalue weighted by Crippen LogP contribution is 2.23. The number of aromatic nitrogens is 3. The Morgan fingerprint density at radius 2 is 2.23 bits per heavy atom. The normalized spacial score (nSPS) is 10.6. The Balaban J connectivity index is 1.71. The predicted molar refractivity (Wildman–Crippen MR) is 89.2 cm³/mol. The number of hydrogen-bond donors (Lipinski definition) is 0. The van der Waals surface area contributed by atoms with Crippen molar-refractivity contribution in [3.05, 3.63) is 63.1 Å². The van der Waals surface area contributed by atoms with E-state index in [-0.39, 0.29) is 5.91 Å². The standard InChI is InChI=1S/C15H13BrN4OS/c1-19(10-12-4-5-13(16)22-12)15(21)11-3-6-14(17-9-11)20-8-2-7-18-20/h2-9H,10H2,1H3. The summed E-state index contributed by atoms with van der Waals surface area (Å²) >= 11 is 5.05. The number of amides is 1. The molecule has 1 amide bonds. The van der Waals surface area contributed by atoms with Crippen LogP contribution in [0.25, 0.3) is 5.82 Å². The molecule has 0 bridgehead atoms. The first kappa shape index (κ1) is 14.9. The first-order valence-corrected chi connectivity index (χ1v) is 8.20. The first-order valence-electron chi connectivity index (χ1n) is 6.59. The fourth-order valence-corrected chi connectivity index (χ4v) is 3.55. The van der Waals surface area contributed by atoms with E-state index < -0.39 is 0 Å². The molecule has 3 rings (SSSR count). The molecule has 3 aromatic rings. The molecule has 5 nitrogen and oxygen atoms in total. The van der Waals surface area contributed by atoms with Crippen LogP contribution in [-0.2, 0) is 6.54 Å². The first-order chi connectivity index (χ1) is 10.6. The third-order valence-corrected chi connectivity index (χ3v) is 4.71. The predicted octanol–water partition coefficient (Wildman–Crippen LogP) is 3.36. The molecule has 0 aliphatic carbocycles. The molecule has 7 heteroatoms. The Morgan fingerprint density at radius 3 is 2.82 bits per heavy atom. The highest BCUT2D eigenvalue weighted by molar-refractivity contribution is 9.11. The van der Waals surface area contributed by atoms with Crippen molar-refractivity contribution < 1.29 is 4.79 Å². The van der Waals surface area contributed by atoms with Gasteiger partial charge in [0.1, 0.15) is 0 Å². The van der Waals surface area contributed by atoms with Gasteiger partial charge < -0.3 is 4.90 Å². The number of rotatable bonds is 4. The van der Waals surface area contributed by atoms with Crippen molar-refractivity contribution in [1.29, 1.82) is 0 Å². The van der Waals surface area contributed by atoms with Gasteiger partial charge in [-0.3, -0.25) is 4.79 Å². The van der Waals surface area contributed by atoms with E-state index in [9.17, 15) is 4.79 Å². The van der Waals surface area contributed by atoms with Crippen LogP contribution in [0.5, 0.6) is 0 Å². The van der Waals surface area contributed by atoms with Crippen molar-refractivity contribution >= 4 is 33.2 Å². The van der Waals surface area contributed by atoms with E-state index in [1.54, 1.807) is 52.5 Å². The summed E-state index contributed by atoms with van der Waals surface area (Å²) in [6.07, 6.45) is 5.08. The molecule has 0 unspecified atom stereocenters. The van der Waals surface area contributed by atoms with Crippen molar-refractivity contribution in [2.45, 2.75) is 6.54 Å². The highest BCUT2D eigenvalue weighted by atomic mass is 79.9. The summed E-state index contributed by atoms with van der Waals surface area (Å²) in [6.45, 7) is 0.579. The molecule has 0 saturated heterocycles. The van der Waals surface area contributed by atoms with Crippen LogP contribution in [0.15, 0.2) is 52.7 Å². The van der Waals surface area contributed by atoms with E-state index in [2.05, 4.69) is 26.0 Å². The van der Waals surface area contributed by atoms with Crippen LogP contribution in [0, 0.1) is 0 Å². The minimum Gasteiger partial charge on any atom is -0.337 e. The van der Waals surface area contributed by atoms with E-state index in [0.29, 0.717) is 17.9 Å². The molecule has 0 fully saturated rings. The fourth-order valence-electron chi connectivity index (χ4n) is 2.02. The van der Waals surface area contributed by atoms with Crippen LogP contribution in [-0.4, -0.2) is 32.6 Å². The molecule has 0 aliphatic heterocycles. The summed E-state index contributed by atoms with van der Waals surface area (Å²) < 4.78 is 2.72. The Kier molecular flexibility index (Phi) is 4.35. The van der Waals surface area contributed by atoms with Gasteiger partial charge in [-0.1, -0.05) is 0 Å². The van der Waals surface area contributed by atoms with Crippen LogP contribution in [0.2, 0.25) is 0 Å². The lowest BCUT2D eigenvalue weighted by Crippen LogP contribution is -2.26. The second-order valence-corrected chi connectivity index (χ2v) is 7.27. The second kappa shape index (κ2) is 6.41. The van der Waals surface area contributed by atoms with Crippen LogP contribution >= 0.6 is 27.3 Å². The van der Waals surface area contributed by atoms with E-state index in [1.165, 1.54) is 0 Å². The van der Waals surface area contributed by atoms with Crippen molar-refractivity contribution in [2.24, 2.45) is 0 Å². The van der Waals surface area contributed by atoms with Gasteiger partial charge in [0.05, 0.1) is 15.9 Å². The molecule has 112 valence electrons. The van der Waals surface area contributed by atoms with Gasteiger partial charge in [0.15, 0.2) is 5.82 Å². The zero-order valence-electron chi connectivity index (χ0n) is 11.8. The molecule has 0 spiro atoms. The number of carbonyl (C=O) groups is 1. The van der Waals surface area contributed by atoms with Gasteiger partial charge in [-0.25, -0.2) is 9.67 Å². The maximum absolute atomic E-state index is 12.4. The molecule has 0 atom stereocenters. The molecule has 0 aliphatic rings. The number of hydrogen-bond acceptors (Lipinski definition) is 4. The van der Waals surface area contributed by atoms with Gasteiger partial charge in [0.2, 0.25) is 0 Å². The minimum absolute atomic E-state index is 0.0518. The topological polar surface area (TPSA) is 51.0 Å². The Morgan fingerprint density at radius 1 is 1.36 bits per heavy atom. The number of halogens is 1. The maximum atomic E-state index is 12.4. The summed E-state index contributed by atoms with van der Waals surface area (Å²) in [7, 11) is 1.79. The lowest BCUT2D eigenvalue weighted by atomic mass is 10.2. The Bertz CT molecular complexity index is 767. The molecule has 0 radical (unpaired) electrons. The Labute approximate surface area is 140 Å². The summed E-state index contributed by atoms with van der Waals surface area (Å²) in [5.41, 5.74) is 0.564. The summed E-state index contributed by atoms with van der Waals surface area (Å²) in [5.74, 6) is 0.635. The SMILES string of the molecule is CN(Cc1ccc(Br)s1)C(=O)c1ccc(-n2cccn2)nc1. The molecule has 0 N–H and O–H groups in total. The van der Waals surface area contributed by atoms with E-state index in [1.807, 2.05) is 24.4 Å². The number of pyridine rings is 1. The second-order valence-electron chi connectivity index (χ2n) is 4.72. The molecular formula is C15H13BrN4OS. The van der Waals surface area contributed by atoms with Crippen LogP contribution in [0.4, 0.5) is 0 Å². The molecule has 22 heavy (non-hydrogen) atoms. The lowest BCUT2D eigenvalue weighted by molar-refractivity contribution is 0.0786. The molecule has 3 heterocycles. The van der Waals surface area contributed by atoms with Gasteiger partial charge in [0.25, 0.3) is 5.91 Å². The van der Waals surface area contributed by atoms with Crippen LogP contribution in [0.1, 0.15) is 15.2 Å². The van der Waals surface area contributed by atoms with Gasteiger partial charge in [0, 0.05) is 30.5 Å². The number of nitrogens with zero attached hydrogens (tertiary/aromatic N) is 4. The average Bonchev–Trinajstić information content (AvgIpc) is 3.18. The largest absolute Gasteiger partial charge is 0.337 e. The molecule has 3 aromatic heterocycles. The summed E-state index contributed by atoms with van der Waals surface area (Å²) in [6, 6.07) is 9.38. The molecule has 0 aromatic carbocycles. The number of carbonyl (C=O) groups excluding carboxylic acids is 1. The third kappa shape index (κ3) is 3.26. The molecule has 0 saturated carbocycles. The van der Waals surface area contributed by atoms with Gasteiger partial charge in [-0.15, -0.1) is 11.3 Å². The van der Waals surface area contributed by atoms with Gasteiger partial charge in [-0.05, 0) is 46.3 Å². The van der Waals surface area contributed by atoms with Gasteiger partial charge >= 0.3 is 0 Å². The highest BCUT2D eigenvalue weighted by Gasteiger charge is 2.13. The monoisotopic (exact) mass is 376 g/mol. The van der Waals surface area contributed by atoms with Crippen molar-refractivity contribution in [2.75, 3.05) is 7.05 Å². The van der Waals surface area contributed by atoms with Gasteiger partial charge in [-0.2, -0.15) is 5.10 Å². The van der Waals surface area contributed by atoms with Crippen LogP contribution in [0.3, 0.4) is 0 Å². The minimum atomic E-state index is -0.0518. The lowest BCUT2D eigenvalue weighted by Gasteiger charge is -2.16. The number of thiophene rings is 1. The fraction of sp³-hybridized carbons (Fsp3) is 0.133. The maximum Gasteiger partial charge on any atom is 0.255 e. The smallest absolute Gasteiger partial charge is 0.255 e. The zero-order valence-corrected chi connectivity index (χ0v) is 14.2. The van der Waals surface area contributed by atoms with E-state index in [0.717, 1.165) is 8.66 Å². The van der Waals surface area contributed by atoms with E-state index in [4.69, 9.17) is 0 Å². The van der Waals surface area contributed by atoms with Crippen molar-refractivity contribution in [3.63, 3.8) is 0 Å². The average molecular weight is 377 g/mol. The van der Waals surface area contributed by atoms with Crippen molar-refractivity contribution in [1.82, 2.24) is 19.7 Å². The molecular weight excluding hydrogens is 364 g/mol. The quantitative estimate of drug-likeness (QED) is 0.701. The Hall–Kier alpha value is -1.99. The zero-order chi connectivity index (χ0) is 15.5. The van der Waals surface area contributed by atoms with E-state index >= 15 is 0 Å². The summed E-state index contributed by atoms with van der Waals surface area (Å²) in [4.78, 5) is 19.5. The van der Waals surface area contributed by atoms with Crippen molar-refractivity contribution in [3.8, 4) is 5.82 Å².